The molecule has 1 heterocycles. The molecule has 0 fully saturated rings. The van der Waals surface area contributed by atoms with Crippen molar-refractivity contribution in [3.05, 3.63) is 41.7 Å². The summed E-state index contributed by atoms with van der Waals surface area (Å²) in [6.07, 6.45) is -0.804. The molecule has 0 aliphatic rings. The number of carbonyl (C=O) groups is 2. The summed E-state index contributed by atoms with van der Waals surface area (Å²) in [6.45, 7) is 4.83. The minimum absolute atomic E-state index is 0.380. The van der Waals surface area contributed by atoms with Gasteiger partial charge in [-0.05, 0) is 32.9 Å². The van der Waals surface area contributed by atoms with E-state index in [1.165, 1.54) is 0 Å². The van der Waals surface area contributed by atoms with Crippen molar-refractivity contribution in [2.45, 2.75) is 26.9 Å². The summed E-state index contributed by atoms with van der Waals surface area (Å²) >= 11 is 0. The lowest BCUT2D eigenvalue weighted by molar-refractivity contribution is -0.153. The van der Waals surface area contributed by atoms with Gasteiger partial charge >= 0.3 is 5.97 Å². The van der Waals surface area contributed by atoms with Gasteiger partial charge in [-0.3, -0.25) is 9.48 Å². The Balaban J connectivity index is 1.83. The highest BCUT2D eigenvalue weighted by Crippen LogP contribution is 2.18. The van der Waals surface area contributed by atoms with Crippen molar-refractivity contribution in [1.82, 2.24) is 9.78 Å². The van der Waals surface area contributed by atoms with Crippen LogP contribution < -0.4 is 10.1 Å². The number of ether oxygens (including phenoxy) is 2. The Hall–Kier alpha value is -2.83. The molecule has 0 bridgehead atoms. The van der Waals surface area contributed by atoms with E-state index in [0.717, 1.165) is 5.69 Å². The first kappa shape index (κ1) is 17.5. The van der Waals surface area contributed by atoms with Gasteiger partial charge in [0, 0.05) is 7.05 Å². The Bertz CT molecular complexity index is 725. The molecule has 0 saturated heterocycles. The summed E-state index contributed by atoms with van der Waals surface area (Å²) in [5.74, 6) is -0.462. The third-order valence-corrected chi connectivity index (χ3v) is 3.51. The van der Waals surface area contributed by atoms with Gasteiger partial charge in [-0.25, -0.2) is 4.79 Å². The first-order valence-corrected chi connectivity index (χ1v) is 7.57. The quantitative estimate of drug-likeness (QED) is 0.819. The SMILES string of the molecule is Cc1nn(C)c(C)c1NC(=O)COC(=O)[C@@H](C)Oc1ccccc1. The van der Waals surface area contributed by atoms with Crippen LogP contribution in [0.15, 0.2) is 30.3 Å². The Labute approximate surface area is 140 Å². The predicted octanol–water partition coefficient (Wildman–Crippen LogP) is 1.99. The lowest BCUT2D eigenvalue weighted by atomic mass is 10.3. The van der Waals surface area contributed by atoms with Gasteiger partial charge < -0.3 is 14.8 Å². The molecule has 0 unspecified atom stereocenters. The molecule has 24 heavy (non-hydrogen) atoms. The lowest BCUT2D eigenvalue weighted by Crippen LogP contribution is -2.29. The molecule has 0 radical (unpaired) electrons. The molecule has 0 spiro atoms. The van der Waals surface area contributed by atoms with Crippen LogP contribution in [0.1, 0.15) is 18.3 Å². The Morgan fingerprint density at radius 2 is 1.92 bits per heavy atom. The lowest BCUT2D eigenvalue weighted by Gasteiger charge is -2.14. The number of hydrogen-bond donors (Lipinski definition) is 1. The van der Waals surface area contributed by atoms with Gasteiger partial charge in [-0.15, -0.1) is 0 Å². The van der Waals surface area contributed by atoms with Crippen molar-refractivity contribution >= 4 is 17.6 Å². The van der Waals surface area contributed by atoms with Crippen LogP contribution in [0.3, 0.4) is 0 Å². The summed E-state index contributed by atoms with van der Waals surface area (Å²) in [5.41, 5.74) is 2.16. The number of rotatable bonds is 6. The van der Waals surface area contributed by atoms with Crippen molar-refractivity contribution < 1.29 is 19.1 Å². The molecule has 0 saturated carbocycles. The van der Waals surface area contributed by atoms with Gasteiger partial charge in [-0.1, -0.05) is 18.2 Å². The molecule has 7 nitrogen and oxygen atoms in total. The number of hydrogen-bond acceptors (Lipinski definition) is 5. The average molecular weight is 331 g/mol. The number of anilines is 1. The monoisotopic (exact) mass is 331 g/mol. The Morgan fingerprint density at radius 1 is 1.25 bits per heavy atom. The average Bonchev–Trinajstić information content (AvgIpc) is 2.79. The van der Waals surface area contributed by atoms with Crippen LogP contribution in [0.5, 0.6) is 5.75 Å². The van der Waals surface area contributed by atoms with E-state index in [1.54, 1.807) is 49.8 Å². The normalized spacial score (nSPS) is 11.7. The van der Waals surface area contributed by atoms with Crippen molar-refractivity contribution in [2.75, 3.05) is 11.9 Å². The zero-order chi connectivity index (χ0) is 17.7. The second-order valence-electron chi connectivity index (χ2n) is 5.40. The Morgan fingerprint density at radius 3 is 2.50 bits per heavy atom. The highest BCUT2D eigenvalue weighted by Gasteiger charge is 2.19. The van der Waals surface area contributed by atoms with E-state index in [1.807, 2.05) is 13.0 Å². The summed E-state index contributed by atoms with van der Waals surface area (Å²) < 4.78 is 12.1. The summed E-state index contributed by atoms with van der Waals surface area (Å²) in [5, 5.41) is 6.91. The van der Waals surface area contributed by atoms with Crippen LogP contribution in [-0.2, 0) is 21.4 Å². The second kappa shape index (κ2) is 7.63. The number of nitrogens with zero attached hydrogens (tertiary/aromatic N) is 2. The largest absolute Gasteiger partial charge is 0.479 e. The van der Waals surface area contributed by atoms with Crippen molar-refractivity contribution in [3.63, 3.8) is 0 Å². The third kappa shape index (κ3) is 4.34. The highest BCUT2D eigenvalue weighted by molar-refractivity contribution is 5.94. The minimum Gasteiger partial charge on any atom is -0.479 e. The number of benzene rings is 1. The van der Waals surface area contributed by atoms with E-state index in [-0.39, 0.29) is 6.61 Å². The van der Waals surface area contributed by atoms with Crippen molar-refractivity contribution in [3.8, 4) is 5.75 Å². The molecule has 0 aliphatic heterocycles. The molecule has 0 aliphatic carbocycles. The molecule has 1 aromatic heterocycles. The maximum absolute atomic E-state index is 11.9. The number of aromatic nitrogens is 2. The topological polar surface area (TPSA) is 82.5 Å². The predicted molar refractivity (Wildman–Crippen MR) is 88.8 cm³/mol. The number of carbonyl (C=O) groups excluding carboxylic acids is 2. The number of esters is 1. The van der Waals surface area contributed by atoms with E-state index in [2.05, 4.69) is 10.4 Å². The number of amides is 1. The molecule has 2 rings (SSSR count). The van der Waals surface area contributed by atoms with Gasteiger partial charge in [0.25, 0.3) is 5.91 Å². The standard InChI is InChI=1S/C17H21N3O4/c1-11-16(12(2)20(4)19-11)18-15(21)10-23-17(22)13(3)24-14-8-6-5-7-9-14/h5-9,13H,10H2,1-4H3,(H,18,21)/t13-/m1/s1. The van der Waals surface area contributed by atoms with Gasteiger partial charge in [0.1, 0.15) is 5.75 Å². The van der Waals surface area contributed by atoms with Crippen molar-refractivity contribution in [1.29, 1.82) is 0 Å². The van der Waals surface area contributed by atoms with Gasteiger partial charge in [-0.2, -0.15) is 5.10 Å². The van der Waals surface area contributed by atoms with E-state index in [9.17, 15) is 9.59 Å². The fourth-order valence-electron chi connectivity index (χ4n) is 2.14. The fraction of sp³-hybridized carbons (Fsp3) is 0.353. The van der Waals surface area contributed by atoms with E-state index in [0.29, 0.717) is 17.1 Å². The van der Waals surface area contributed by atoms with E-state index in [4.69, 9.17) is 9.47 Å². The molecule has 1 N–H and O–H groups in total. The smallest absolute Gasteiger partial charge is 0.347 e. The van der Waals surface area contributed by atoms with Gasteiger partial charge in [0.05, 0.1) is 17.1 Å². The van der Waals surface area contributed by atoms with Crippen LogP contribution >= 0.6 is 0 Å². The van der Waals surface area contributed by atoms with Crippen molar-refractivity contribution in [2.24, 2.45) is 7.05 Å². The maximum Gasteiger partial charge on any atom is 0.347 e. The highest BCUT2D eigenvalue weighted by atomic mass is 16.6. The summed E-state index contributed by atoms with van der Waals surface area (Å²) in [4.78, 5) is 23.8. The van der Waals surface area contributed by atoms with Gasteiger partial charge in [0.2, 0.25) is 0 Å². The first-order valence-electron chi connectivity index (χ1n) is 7.57. The summed E-state index contributed by atoms with van der Waals surface area (Å²) in [7, 11) is 1.79. The molecular weight excluding hydrogens is 310 g/mol. The van der Waals surface area contributed by atoms with Crippen LogP contribution in [0, 0.1) is 13.8 Å². The molecule has 1 atom stereocenters. The molecule has 128 valence electrons. The molecule has 1 amide bonds. The Kier molecular flexibility index (Phi) is 5.57. The van der Waals surface area contributed by atoms with E-state index < -0.39 is 18.0 Å². The zero-order valence-electron chi connectivity index (χ0n) is 14.2. The third-order valence-electron chi connectivity index (χ3n) is 3.51. The number of para-hydroxylation sites is 1. The molecule has 7 heteroatoms. The number of nitrogens with one attached hydrogen (secondary N) is 1. The second-order valence-corrected chi connectivity index (χ2v) is 5.40. The fourth-order valence-corrected chi connectivity index (χ4v) is 2.14. The zero-order valence-corrected chi connectivity index (χ0v) is 14.2. The molecule has 1 aromatic carbocycles. The minimum atomic E-state index is -0.804. The van der Waals surface area contributed by atoms with Crippen LogP contribution in [0.25, 0.3) is 0 Å². The van der Waals surface area contributed by atoms with E-state index >= 15 is 0 Å². The van der Waals surface area contributed by atoms with Gasteiger partial charge in [0.15, 0.2) is 12.7 Å². The molecular formula is C17H21N3O4. The summed E-state index contributed by atoms with van der Waals surface area (Å²) in [6, 6.07) is 8.94. The van der Waals surface area contributed by atoms with Crippen LogP contribution in [0.4, 0.5) is 5.69 Å². The maximum atomic E-state index is 11.9. The van der Waals surface area contributed by atoms with Crippen LogP contribution in [0.2, 0.25) is 0 Å². The first-order chi connectivity index (χ1) is 11.4. The number of aryl methyl sites for hydroxylation is 2. The molecule has 2 aromatic rings. The van der Waals surface area contributed by atoms with Crippen LogP contribution in [-0.4, -0.2) is 34.4 Å².